The smallest absolute Gasteiger partial charge is 0.248 e. The van der Waals surface area contributed by atoms with Crippen LogP contribution >= 0.6 is 0 Å². The molecular formula is C19H25NO5S2. The van der Waals surface area contributed by atoms with Crippen molar-refractivity contribution in [1.82, 2.24) is 0 Å². The first-order valence-corrected chi connectivity index (χ1v) is 12.1. The average Bonchev–Trinajstić information content (AvgIpc) is 2.55. The third-order valence-corrected chi connectivity index (χ3v) is 9.44. The van der Waals surface area contributed by atoms with Crippen molar-refractivity contribution < 1.29 is 21.6 Å². The van der Waals surface area contributed by atoms with E-state index in [2.05, 4.69) is 13.2 Å². The van der Waals surface area contributed by atoms with E-state index in [-0.39, 0.29) is 22.3 Å². The van der Waals surface area contributed by atoms with Gasteiger partial charge in [-0.25, -0.2) is 16.8 Å². The third-order valence-electron chi connectivity index (χ3n) is 5.00. The van der Waals surface area contributed by atoms with Crippen molar-refractivity contribution in [3.8, 4) is 0 Å². The molecule has 2 rings (SSSR count). The number of carbonyl (C=O) groups is 1. The van der Waals surface area contributed by atoms with E-state index in [1.807, 2.05) is 6.92 Å². The molecule has 0 spiro atoms. The largest absolute Gasteiger partial charge is 0.366 e. The van der Waals surface area contributed by atoms with E-state index in [1.54, 1.807) is 6.07 Å². The van der Waals surface area contributed by atoms with Gasteiger partial charge in [0.1, 0.15) is 0 Å². The number of allylic oxidation sites excluding steroid dienone is 1. The Balaban J connectivity index is 2.61. The fraction of sp³-hybridized carbons (Fsp3) is 0.421. The van der Waals surface area contributed by atoms with E-state index < -0.39 is 36.4 Å². The highest BCUT2D eigenvalue weighted by molar-refractivity contribution is 8.08. The molecule has 1 saturated carbocycles. The Kier molecular flexibility index (Phi) is 6.32. The number of sulfone groups is 2. The van der Waals surface area contributed by atoms with Gasteiger partial charge in [-0.1, -0.05) is 31.2 Å². The van der Waals surface area contributed by atoms with Crippen molar-refractivity contribution in [2.24, 2.45) is 11.7 Å². The second-order valence-corrected chi connectivity index (χ2v) is 11.4. The number of nitrogens with two attached hydrogens (primary N) is 1. The maximum absolute atomic E-state index is 13.0. The Morgan fingerprint density at radius 1 is 1.30 bits per heavy atom. The molecule has 1 aliphatic rings. The van der Waals surface area contributed by atoms with Crippen LogP contribution in [0.2, 0.25) is 0 Å². The molecule has 0 saturated heterocycles. The molecule has 148 valence electrons. The highest BCUT2D eigenvalue weighted by atomic mass is 32.3. The molecule has 27 heavy (non-hydrogen) atoms. The van der Waals surface area contributed by atoms with E-state index in [0.717, 1.165) is 30.9 Å². The van der Waals surface area contributed by atoms with Gasteiger partial charge < -0.3 is 5.73 Å². The first-order valence-electron chi connectivity index (χ1n) is 8.64. The third kappa shape index (κ3) is 4.87. The number of amides is 1. The fourth-order valence-electron chi connectivity index (χ4n) is 3.53. The van der Waals surface area contributed by atoms with Crippen LogP contribution in [-0.4, -0.2) is 33.6 Å². The molecule has 0 bridgehead atoms. The maximum Gasteiger partial charge on any atom is 0.248 e. The molecule has 1 aliphatic carbocycles. The maximum atomic E-state index is 13.0. The van der Waals surface area contributed by atoms with E-state index in [1.165, 1.54) is 12.1 Å². The molecule has 1 amide bonds. The van der Waals surface area contributed by atoms with Crippen molar-refractivity contribution in [3.63, 3.8) is 0 Å². The lowest BCUT2D eigenvalue weighted by Crippen LogP contribution is -2.24. The van der Waals surface area contributed by atoms with Crippen molar-refractivity contribution in [2.45, 2.75) is 37.0 Å². The SMILES string of the molecule is C=CCS(=O)(=O)CS(=O)(=O)c1cc(C(N)=O)ccc1C1CCCC(=C)C1C. The molecule has 6 nitrogen and oxygen atoms in total. The fourth-order valence-corrected chi connectivity index (χ4v) is 7.55. The van der Waals surface area contributed by atoms with E-state index in [9.17, 15) is 21.6 Å². The van der Waals surface area contributed by atoms with Crippen LogP contribution in [-0.2, 0) is 19.7 Å². The van der Waals surface area contributed by atoms with Crippen LogP contribution in [0.1, 0.15) is 48.0 Å². The van der Waals surface area contributed by atoms with Crippen LogP contribution in [0.4, 0.5) is 0 Å². The lowest BCUT2D eigenvalue weighted by Gasteiger charge is -2.32. The van der Waals surface area contributed by atoms with Crippen LogP contribution in [0.3, 0.4) is 0 Å². The van der Waals surface area contributed by atoms with E-state index in [4.69, 9.17) is 5.73 Å². The van der Waals surface area contributed by atoms with Crippen molar-refractivity contribution in [3.05, 3.63) is 54.1 Å². The zero-order valence-corrected chi connectivity index (χ0v) is 17.0. The summed E-state index contributed by atoms with van der Waals surface area (Å²) in [7, 11) is -8.07. The van der Waals surface area contributed by atoms with Crippen LogP contribution in [0.15, 0.2) is 47.9 Å². The van der Waals surface area contributed by atoms with Gasteiger partial charge >= 0.3 is 0 Å². The first-order chi connectivity index (χ1) is 12.5. The average molecular weight is 412 g/mol. The van der Waals surface area contributed by atoms with Gasteiger partial charge in [0.25, 0.3) is 0 Å². The minimum Gasteiger partial charge on any atom is -0.366 e. The van der Waals surface area contributed by atoms with Gasteiger partial charge in [0.2, 0.25) is 5.91 Å². The monoisotopic (exact) mass is 411 g/mol. The normalized spacial score (nSPS) is 21.0. The van der Waals surface area contributed by atoms with Gasteiger partial charge in [-0.2, -0.15) is 0 Å². The molecule has 0 radical (unpaired) electrons. The summed E-state index contributed by atoms with van der Waals surface area (Å²) in [5.74, 6) is -1.27. The molecule has 1 aromatic carbocycles. The zero-order valence-electron chi connectivity index (χ0n) is 15.3. The molecule has 0 heterocycles. The standard InChI is InChI=1S/C19H25NO5S2/c1-4-10-26(22,23)12-27(24,25)18-11-15(19(20)21)8-9-17(18)16-7-5-6-13(2)14(16)3/h4,8-9,11,14,16H,1-2,5-7,10,12H2,3H3,(H2,20,21). The van der Waals surface area contributed by atoms with Crippen LogP contribution in [0.25, 0.3) is 0 Å². The number of benzene rings is 1. The topological polar surface area (TPSA) is 111 Å². The quantitative estimate of drug-likeness (QED) is 0.693. The number of rotatable bonds is 7. The summed E-state index contributed by atoms with van der Waals surface area (Å²) in [5, 5.41) is -1.04. The highest BCUT2D eigenvalue weighted by Gasteiger charge is 2.33. The molecule has 0 aromatic heterocycles. The minimum atomic E-state index is -4.19. The zero-order chi connectivity index (χ0) is 20.4. The predicted molar refractivity (Wildman–Crippen MR) is 106 cm³/mol. The summed E-state index contributed by atoms with van der Waals surface area (Å²) in [6.07, 6.45) is 3.67. The van der Waals surface area contributed by atoms with Crippen molar-refractivity contribution in [2.75, 3.05) is 10.8 Å². The van der Waals surface area contributed by atoms with Crippen LogP contribution < -0.4 is 5.73 Å². The first kappa shape index (κ1) is 21.4. The molecular weight excluding hydrogens is 386 g/mol. The van der Waals surface area contributed by atoms with Crippen LogP contribution in [0.5, 0.6) is 0 Å². The van der Waals surface area contributed by atoms with E-state index in [0.29, 0.717) is 5.56 Å². The molecule has 2 atom stereocenters. The van der Waals surface area contributed by atoms with Gasteiger partial charge in [0.15, 0.2) is 24.8 Å². The number of primary amides is 1. The Labute approximate surface area is 161 Å². The number of hydrogen-bond acceptors (Lipinski definition) is 5. The lowest BCUT2D eigenvalue weighted by atomic mass is 9.74. The summed E-state index contributed by atoms with van der Waals surface area (Å²) in [4.78, 5) is 11.4. The summed E-state index contributed by atoms with van der Waals surface area (Å²) < 4.78 is 50.1. The molecule has 0 aliphatic heterocycles. The predicted octanol–water partition coefficient (Wildman–Crippen LogP) is 2.58. The van der Waals surface area contributed by atoms with E-state index >= 15 is 0 Å². The van der Waals surface area contributed by atoms with Crippen LogP contribution in [0, 0.1) is 5.92 Å². The van der Waals surface area contributed by atoms with Gasteiger partial charge in [0, 0.05) is 5.56 Å². The molecule has 2 N–H and O–H groups in total. The number of hydrogen-bond donors (Lipinski definition) is 1. The van der Waals surface area contributed by atoms with Gasteiger partial charge in [0.05, 0.1) is 10.6 Å². The summed E-state index contributed by atoms with van der Waals surface area (Å²) in [6, 6.07) is 4.26. The van der Waals surface area contributed by atoms with Gasteiger partial charge in [-0.05, 0) is 48.8 Å². The lowest BCUT2D eigenvalue weighted by molar-refractivity contribution is 0.1000. The highest BCUT2D eigenvalue weighted by Crippen LogP contribution is 2.42. The molecule has 8 heteroatoms. The minimum absolute atomic E-state index is 0.0285. The van der Waals surface area contributed by atoms with Gasteiger partial charge in [-0.3, -0.25) is 4.79 Å². The molecule has 2 unspecified atom stereocenters. The number of carbonyl (C=O) groups excluding carboxylic acids is 1. The Morgan fingerprint density at radius 2 is 1.96 bits per heavy atom. The molecule has 1 aromatic rings. The summed E-state index contributed by atoms with van der Waals surface area (Å²) >= 11 is 0. The Bertz CT molecular complexity index is 977. The summed E-state index contributed by atoms with van der Waals surface area (Å²) in [5.41, 5.74) is 6.88. The Hall–Kier alpha value is -1.93. The Morgan fingerprint density at radius 3 is 2.56 bits per heavy atom. The van der Waals surface area contributed by atoms with Gasteiger partial charge in [-0.15, -0.1) is 6.58 Å². The summed E-state index contributed by atoms with van der Waals surface area (Å²) in [6.45, 7) is 9.40. The second kappa shape index (κ2) is 7.98. The molecule has 1 fully saturated rings. The van der Waals surface area contributed by atoms with Crippen molar-refractivity contribution in [1.29, 1.82) is 0 Å². The van der Waals surface area contributed by atoms with Crippen molar-refractivity contribution >= 4 is 25.6 Å². The second-order valence-electron chi connectivity index (χ2n) is 6.99.